The second kappa shape index (κ2) is 11.0. The van der Waals surface area contributed by atoms with Crippen molar-refractivity contribution in [3.05, 3.63) is 29.3 Å². The quantitative estimate of drug-likeness (QED) is 0.710. The third-order valence-corrected chi connectivity index (χ3v) is 6.65. The van der Waals surface area contributed by atoms with E-state index in [1.54, 1.807) is 11.8 Å². The van der Waals surface area contributed by atoms with Crippen molar-refractivity contribution in [2.24, 2.45) is 0 Å². The van der Waals surface area contributed by atoms with Gasteiger partial charge in [-0.2, -0.15) is 11.8 Å². The van der Waals surface area contributed by atoms with Crippen LogP contribution >= 0.6 is 11.8 Å². The molecule has 3 aliphatic heterocycles. The molecule has 2 fully saturated rings. The molecule has 1 aromatic rings. The van der Waals surface area contributed by atoms with E-state index in [1.807, 2.05) is 4.90 Å². The molecule has 1 amide bonds. The zero-order chi connectivity index (χ0) is 21.4. The van der Waals surface area contributed by atoms with E-state index in [1.165, 1.54) is 11.1 Å². The number of morpholine rings is 1. The van der Waals surface area contributed by atoms with Gasteiger partial charge in [-0.1, -0.05) is 12.1 Å². The van der Waals surface area contributed by atoms with Crippen molar-refractivity contribution in [2.75, 3.05) is 51.4 Å². The summed E-state index contributed by atoms with van der Waals surface area (Å²) < 4.78 is 11.9. The number of hydrogen-bond donors (Lipinski definition) is 1. The highest BCUT2D eigenvalue weighted by Gasteiger charge is 2.40. The summed E-state index contributed by atoms with van der Waals surface area (Å²) in [6.45, 7) is 5.92. The molecule has 166 valence electrons. The lowest BCUT2D eigenvalue weighted by Crippen LogP contribution is -2.57. The van der Waals surface area contributed by atoms with E-state index in [4.69, 9.17) is 19.4 Å². The molecule has 0 saturated carbocycles. The maximum absolute atomic E-state index is 12.3. The molecule has 0 radical (unpaired) electrons. The second-order valence-electron chi connectivity index (χ2n) is 8.01. The van der Waals surface area contributed by atoms with Crippen LogP contribution in [-0.4, -0.2) is 84.3 Å². The van der Waals surface area contributed by atoms with E-state index >= 15 is 0 Å². The zero-order valence-electron chi connectivity index (χ0n) is 17.7. The van der Waals surface area contributed by atoms with Gasteiger partial charge in [-0.15, -0.1) is 0 Å². The summed E-state index contributed by atoms with van der Waals surface area (Å²) in [6, 6.07) is 6.61. The number of carbonyl (C=O) groups excluding carboxylic acids is 1. The first kappa shape index (κ1) is 22.9. The van der Waals surface area contributed by atoms with Crippen LogP contribution in [0, 0.1) is 0 Å². The highest BCUT2D eigenvalue weighted by molar-refractivity contribution is 7.98. The van der Waals surface area contributed by atoms with Gasteiger partial charge in [-0.05, 0) is 36.3 Å². The van der Waals surface area contributed by atoms with E-state index < -0.39 is 0 Å². The number of amides is 1. The number of hydrogen-bond acceptors (Lipinski definition) is 6. The van der Waals surface area contributed by atoms with Crippen molar-refractivity contribution in [1.29, 1.82) is 0 Å². The Bertz CT molecular complexity index is 721. The molecule has 8 heteroatoms. The smallest absolute Gasteiger partial charge is 0.290 e. The van der Waals surface area contributed by atoms with Crippen molar-refractivity contribution < 1.29 is 24.2 Å². The molecule has 1 spiro atoms. The highest BCUT2D eigenvalue weighted by Crippen LogP contribution is 2.32. The number of piperidine rings is 1. The van der Waals surface area contributed by atoms with Crippen LogP contribution in [0.5, 0.6) is 5.75 Å². The number of thioether (sulfide) groups is 1. The number of nitrogens with zero attached hydrogens (tertiary/aromatic N) is 2. The average Bonchev–Trinajstić information content (AvgIpc) is 3.21. The molecule has 3 heterocycles. The topological polar surface area (TPSA) is 79.3 Å². The lowest BCUT2D eigenvalue weighted by molar-refractivity contribution is -0.151. The van der Waals surface area contributed by atoms with E-state index in [2.05, 4.69) is 29.4 Å². The minimum Gasteiger partial charge on any atom is -0.493 e. The van der Waals surface area contributed by atoms with E-state index in [0.29, 0.717) is 12.3 Å². The number of benzene rings is 1. The number of carboxylic acid groups (broad SMARTS) is 1. The Kier molecular flexibility index (Phi) is 8.41. The van der Waals surface area contributed by atoms with Crippen LogP contribution in [0.4, 0.5) is 0 Å². The standard InChI is InChI=1S/C21H30N2O3S.CH2O2/c1-27-13-5-20(24)23-8-6-21(7-9-23)16-22(10-12-26-21)15-17-2-3-19-18(14-17)4-11-25-19;2-1-3/h2-3,14H,4-13,15-16H2,1H3;1H,(H,2,3). The van der Waals surface area contributed by atoms with E-state index in [-0.39, 0.29) is 12.1 Å². The average molecular weight is 437 g/mol. The Labute approximate surface area is 182 Å². The van der Waals surface area contributed by atoms with Crippen LogP contribution in [0.3, 0.4) is 0 Å². The first-order valence-electron chi connectivity index (χ1n) is 10.5. The predicted octanol–water partition coefficient (Wildman–Crippen LogP) is 2.27. The van der Waals surface area contributed by atoms with Crippen molar-refractivity contribution in [3.63, 3.8) is 0 Å². The van der Waals surface area contributed by atoms with E-state index in [9.17, 15) is 4.79 Å². The van der Waals surface area contributed by atoms with Gasteiger partial charge in [-0.25, -0.2) is 0 Å². The summed E-state index contributed by atoms with van der Waals surface area (Å²) in [7, 11) is 0. The normalized spacial score (nSPS) is 20.1. The van der Waals surface area contributed by atoms with Gasteiger partial charge in [-0.3, -0.25) is 14.5 Å². The molecule has 1 aromatic carbocycles. The van der Waals surface area contributed by atoms with Crippen LogP contribution in [-0.2, 0) is 27.3 Å². The molecular weight excluding hydrogens is 404 g/mol. The van der Waals surface area contributed by atoms with Crippen molar-refractivity contribution >= 4 is 24.1 Å². The maximum Gasteiger partial charge on any atom is 0.290 e. The first-order valence-corrected chi connectivity index (χ1v) is 11.9. The number of fused-ring (bicyclic) bond motifs is 1. The fraction of sp³-hybridized carbons (Fsp3) is 0.636. The molecule has 3 aliphatic rings. The Morgan fingerprint density at radius 1 is 1.27 bits per heavy atom. The summed E-state index contributed by atoms with van der Waals surface area (Å²) in [5.41, 5.74) is 2.63. The summed E-state index contributed by atoms with van der Waals surface area (Å²) in [6.07, 6.45) is 5.63. The maximum atomic E-state index is 12.3. The van der Waals surface area contributed by atoms with Crippen molar-refractivity contribution in [2.45, 2.75) is 37.8 Å². The van der Waals surface area contributed by atoms with Gasteiger partial charge in [0, 0.05) is 51.3 Å². The number of rotatable bonds is 5. The Hall–Kier alpha value is -1.77. The van der Waals surface area contributed by atoms with Crippen LogP contribution in [0.25, 0.3) is 0 Å². The van der Waals surface area contributed by atoms with Crippen molar-refractivity contribution in [3.8, 4) is 5.75 Å². The first-order chi connectivity index (χ1) is 14.6. The molecule has 0 aromatic heterocycles. The summed E-state index contributed by atoms with van der Waals surface area (Å²) in [5, 5.41) is 6.89. The molecule has 0 atom stereocenters. The minimum atomic E-state index is -0.250. The Morgan fingerprint density at radius 3 is 2.77 bits per heavy atom. The second-order valence-corrected chi connectivity index (χ2v) is 9.00. The monoisotopic (exact) mass is 436 g/mol. The van der Waals surface area contributed by atoms with Gasteiger partial charge in [0.15, 0.2) is 0 Å². The number of ether oxygens (including phenoxy) is 2. The molecule has 4 rings (SSSR count). The fourth-order valence-corrected chi connectivity index (χ4v) is 4.85. The summed E-state index contributed by atoms with van der Waals surface area (Å²) in [4.78, 5) is 25.2. The number of likely N-dealkylation sites (tertiary alicyclic amines) is 1. The third kappa shape index (κ3) is 5.89. The minimum absolute atomic E-state index is 0.0750. The van der Waals surface area contributed by atoms with Gasteiger partial charge in [0.25, 0.3) is 6.47 Å². The van der Waals surface area contributed by atoms with Gasteiger partial charge in [0.05, 0.1) is 18.8 Å². The molecule has 30 heavy (non-hydrogen) atoms. The van der Waals surface area contributed by atoms with Gasteiger partial charge < -0.3 is 19.5 Å². The number of carbonyl (C=O) groups is 2. The fourth-order valence-electron chi connectivity index (χ4n) is 4.47. The SMILES string of the molecule is CSCCC(=O)N1CCC2(CC1)CN(Cc1ccc3c(c1)CCO3)CCO2.O=CO. The highest BCUT2D eigenvalue weighted by atomic mass is 32.2. The lowest BCUT2D eigenvalue weighted by Gasteiger charge is -2.47. The Morgan fingerprint density at radius 2 is 2.03 bits per heavy atom. The van der Waals surface area contributed by atoms with Gasteiger partial charge in [0.1, 0.15) is 5.75 Å². The van der Waals surface area contributed by atoms with Gasteiger partial charge >= 0.3 is 0 Å². The molecule has 0 unspecified atom stereocenters. The Balaban J connectivity index is 0.000000806. The van der Waals surface area contributed by atoms with Crippen LogP contribution in [0.1, 0.15) is 30.4 Å². The molecule has 1 N–H and O–H groups in total. The van der Waals surface area contributed by atoms with E-state index in [0.717, 1.165) is 76.7 Å². The van der Waals surface area contributed by atoms with Crippen LogP contribution in [0.15, 0.2) is 18.2 Å². The molecule has 7 nitrogen and oxygen atoms in total. The lowest BCUT2D eigenvalue weighted by atomic mass is 9.89. The molecular formula is C22H32N2O5S. The third-order valence-electron chi connectivity index (χ3n) is 6.04. The van der Waals surface area contributed by atoms with Crippen molar-refractivity contribution in [1.82, 2.24) is 9.80 Å². The molecule has 0 aliphatic carbocycles. The largest absolute Gasteiger partial charge is 0.493 e. The molecule has 2 saturated heterocycles. The molecule has 0 bridgehead atoms. The van der Waals surface area contributed by atoms with Crippen LogP contribution in [0.2, 0.25) is 0 Å². The zero-order valence-corrected chi connectivity index (χ0v) is 18.5. The summed E-state index contributed by atoms with van der Waals surface area (Å²) in [5.74, 6) is 2.26. The predicted molar refractivity (Wildman–Crippen MR) is 117 cm³/mol. The summed E-state index contributed by atoms with van der Waals surface area (Å²) >= 11 is 1.74. The van der Waals surface area contributed by atoms with Gasteiger partial charge in [0.2, 0.25) is 5.91 Å². The van der Waals surface area contributed by atoms with Crippen LogP contribution < -0.4 is 4.74 Å².